The number of hydrogen-bond donors (Lipinski definition) is 0. The molecular weight excluding hydrogens is 286 g/mol. The van der Waals surface area contributed by atoms with E-state index < -0.39 is 5.60 Å². The largest absolute Gasteiger partial charge is 0.443 e. The van der Waals surface area contributed by atoms with Crippen LogP contribution in [0.4, 0.5) is 10.5 Å². The fourth-order valence-electron chi connectivity index (χ4n) is 4.17. The van der Waals surface area contributed by atoms with Crippen molar-refractivity contribution in [2.24, 2.45) is 5.92 Å². The van der Waals surface area contributed by atoms with Gasteiger partial charge in [-0.15, -0.1) is 0 Å². The predicted molar refractivity (Wildman–Crippen MR) is 93.7 cm³/mol. The Morgan fingerprint density at radius 3 is 2.70 bits per heavy atom. The number of benzene rings is 1. The first-order valence-electron chi connectivity index (χ1n) is 8.56. The van der Waals surface area contributed by atoms with Gasteiger partial charge in [0, 0.05) is 6.42 Å². The predicted octanol–water partition coefficient (Wildman–Crippen LogP) is 5.10. The summed E-state index contributed by atoms with van der Waals surface area (Å²) in [6.07, 6.45) is 5.08. The molecule has 0 saturated heterocycles. The molecule has 1 aliphatic heterocycles. The zero-order valence-corrected chi connectivity index (χ0v) is 14.8. The maximum atomic E-state index is 13.0. The van der Waals surface area contributed by atoms with E-state index in [2.05, 4.69) is 32.1 Å². The van der Waals surface area contributed by atoms with Gasteiger partial charge in [-0.25, -0.2) is 4.79 Å². The van der Waals surface area contributed by atoms with Crippen molar-refractivity contribution in [3.05, 3.63) is 41.5 Å². The molecule has 0 saturated carbocycles. The van der Waals surface area contributed by atoms with E-state index in [1.807, 2.05) is 37.8 Å². The summed E-state index contributed by atoms with van der Waals surface area (Å²) in [7, 11) is 0. The number of carbonyl (C=O) groups is 1. The van der Waals surface area contributed by atoms with E-state index in [0.717, 1.165) is 24.9 Å². The molecule has 23 heavy (non-hydrogen) atoms. The van der Waals surface area contributed by atoms with E-state index in [1.165, 1.54) is 11.1 Å². The van der Waals surface area contributed by atoms with Crippen LogP contribution in [0.1, 0.15) is 53.0 Å². The van der Waals surface area contributed by atoms with E-state index in [4.69, 9.17) is 4.74 Å². The van der Waals surface area contributed by atoms with Crippen LogP contribution in [-0.2, 0) is 11.2 Å². The Morgan fingerprint density at radius 1 is 1.35 bits per heavy atom. The molecule has 2 aliphatic rings. The van der Waals surface area contributed by atoms with Crippen molar-refractivity contribution in [1.82, 2.24) is 0 Å². The van der Waals surface area contributed by atoms with Crippen molar-refractivity contribution in [3.63, 3.8) is 0 Å². The Bertz CT molecular complexity index is 656. The van der Waals surface area contributed by atoms with Crippen LogP contribution in [-0.4, -0.2) is 17.2 Å². The number of rotatable bonds is 1. The van der Waals surface area contributed by atoms with Gasteiger partial charge in [0.2, 0.25) is 0 Å². The van der Waals surface area contributed by atoms with Crippen molar-refractivity contribution in [3.8, 4) is 0 Å². The summed E-state index contributed by atoms with van der Waals surface area (Å²) in [5, 5.41) is 0. The Kier molecular flexibility index (Phi) is 3.78. The molecule has 0 radical (unpaired) electrons. The van der Waals surface area contributed by atoms with E-state index >= 15 is 0 Å². The first-order chi connectivity index (χ1) is 10.8. The van der Waals surface area contributed by atoms with Crippen molar-refractivity contribution in [2.75, 3.05) is 4.90 Å². The lowest BCUT2D eigenvalue weighted by atomic mass is 9.82. The van der Waals surface area contributed by atoms with Crippen LogP contribution in [0.3, 0.4) is 0 Å². The molecule has 1 heterocycles. The fourth-order valence-corrected chi connectivity index (χ4v) is 4.17. The van der Waals surface area contributed by atoms with E-state index in [1.54, 1.807) is 0 Å². The second kappa shape index (κ2) is 5.40. The minimum atomic E-state index is -0.491. The molecule has 0 aromatic heterocycles. The lowest BCUT2D eigenvalue weighted by Gasteiger charge is -2.39. The molecule has 3 nitrogen and oxygen atoms in total. The number of amides is 1. The van der Waals surface area contributed by atoms with Crippen LogP contribution in [0.25, 0.3) is 0 Å². The van der Waals surface area contributed by atoms with Gasteiger partial charge in [0.15, 0.2) is 0 Å². The topological polar surface area (TPSA) is 29.5 Å². The Labute approximate surface area is 139 Å². The SMILES string of the molecule is CC[C@H]1CC(C)=C[C@@]12Cc1ccccc1N2C(=O)OC(C)(C)C. The smallest absolute Gasteiger partial charge is 0.415 e. The lowest BCUT2D eigenvalue weighted by molar-refractivity contribution is 0.0539. The molecule has 3 heteroatoms. The van der Waals surface area contributed by atoms with Crippen molar-refractivity contribution in [1.29, 1.82) is 0 Å². The Morgan fingerprint density at radius 2 is 2.04 bits per heavy atom. The maximum Gasteiger partial charge on any atom is 0.415 e. The van der Waals surface area contributed by atoms with E-state index in [9.17, 15) is 4.79 Å². The number of para-hydroxylation sites is 1. The molecule has 2 atom stereocenters. The van der Waals surface area contributed by atoms with Crippen molar-refractivity contribution in [2.45, 2.75) is 65.0 Å². The van der Waals surface area contributed by atoms with Gasteiger partial charge in [0.25, 0.3) is 0 Å². The summed E-state index contributed by atoms with van der Waals surface area (Å²) in [6, 6.07) is 8.23. The fraction of sp³-hybridized carbons (Fsp3) is 0.550. The first kappa shape index (κ1) is 16.1. The van der Waals surface area contributed by atoms with Gasteiger partial charge in [0.1, 0.15) is 5.60 Å². The van der Waals surface area contributed by atoms with Gasteiger partial charge in [0.05, 0.1) is 11.2 Å². The molecule has 0 N–H and O–H groups in total. The minimum absolute atomic E-state index is 0.230. The van der Waals surface area contributed by atoms with Crippen molar-refractivity contribution < 1.29 is 9.53 Å². The highest BCUT2D eigenvalue weighted by atomic mass is 16.6. The number of fused-ring (bicyclic) bond motifs is 1. The molecule has 0 fully saturated rings. The molecule has 1 aliphatic carbocycles. The second-order valence-corrected chi connectivity index (χ2v) is 7.91. The third-order valence-electron chi connectivity index (χ3n) is 4.96. The average molecular weight is 313 g/mol. The van der Waals surface area contributed by atoms with Crippen LogP contribution in [0.5, 0.6) is 0 Å². The highest BCUT2D eigenvalue weighted by Crippen LogP contribution is 2.50. The van der Waals surface area contributed by atoms with Gasteiger partial charge in [-0.1, -0.05) is 43.2 Å². The molecule has 0 unspecified atom stereocenters. The summed E-state index contributed by atoms with van der Waals surface area (Å²) in [6.45, 7) is 10.2. The monoisotopic (exact) mass is 313 g/mol. The van der Waals surface area contributed by atoms with E-state index in [0.29, 0.717) is 5.92 Å². The third-order valence-corrected chi connectivity index (χ3v) is 4.96. The zero-order valence-electron chi connectivity index (χ0n) is 14.8. The zero-order chi connectivity index (χ0) is 16.8. The van der Waals surface area contributed by atoms with Crippen LogP contribution in [0, 0.1) is 5.92 Å². The van der Waals surface area contributed by atoms with Crippen LogP contribution < -0.4 is 4.90 Å². The van der Waals surface area contributed by atoms with Gasteiger partial charge in [-0.3, -0.25) is 4.90 Å². The molecule has 1 aromatic rings. The number of anilines is 1. The standard InChI is InChI=1S/C20H27NO2/c1-6-16-11-14(2)12-20(16)13-15-9-7-8-10-17(15)21(20)18(22)23-19(3,4)5/h7-10,12,16H,6,11,13H2,1-5H3/t16-,20+/m0/s1. The quantitative estimate of drug-likeness (QED) is 0.675. The number of hydrogen-bond acceptors (Lipinski definition) is 2. The van der Waals surface area contributed by atoms with Gasteiger partial charge in [-0.2, -0.15) is 0 Å². The summed E-state index contributed by atoms with van der Waals surface area (Å²) in [5.41, 5.74) is 2.87. The molecular formula is C20H27NO2. The molecule has 1 spiro atoms. The molecule has 1 amide bonds. The van der Waals surface area contributed by atoms with Crippen LogP contribution >= 0.6 is 0 Å². The number of ether oxygens (including phenoxy) is 1. The van der Waals surface area contributed by atoms with Crippen LogP contribution in [0.2, 0.25) is 0 Å². The average Bonchev–Trinajstić information content (AvgIpc) is 2.93. The third kappa shape index (κ3) is 2.66. The Hall–Kier alpha value is -1.77. The lowest BCUT2D eigenvalue weighted by Crippen LogP contribution is -2.53. The van der Waals surface area contributed by atoms with Gasteiger partial charge < -0.3 is 4.74 Å². The number of allylic oxidation sites excluding steroid dienone is 1. The summed E-state index contributed by atoms with van der Waals surface area (Å²) in [5.74, 6) is 0.447. The normalized spacial score (nSPS) is 26.4. The van der Waals surface area contributed by atoms with Gasteiger partial charge in [-0.05, 0) is 51.7 Å². The molecule has 0 bridgehead atoms. The summed E-state index contributed by atoms with van der Waals surface area (Å²) >= 11 is 0. The number of carbonyl (C=O) groups excluding carboxylic acids is 1. The minimum Gasteiger partial charge on any atom is -0.443 e. The van der Waals surface area contributed by atoms with E-state index in [-0.39, 0.29) is 11.6 Å². The maximum absolute atomic E-state index is 13.0. The molecule has 1 aromatic carbocycles. The highest BCUT2D eigenvalue weighted by Gasteiger charge is 2.53. The summed E-state index contributed by atoms with van der Waals surface area (Å²) < 4.78 is 5.75. The van der Waals surface area contributed by atoms with Crippen molar-refractivity contribution >= 4 is 11.8 Å². The number of nitrogens with zero attached hydrogens (tertiary/aromatic N) is 1. The van der Waals surface area contributed by atoms with Gasteiger partial charge >= 0.3 is 6.09 Å². The van der Waals surface area contributed by atoms with Crippen LogP contribution in [0.15, 0.2) is 35.9 Å². The second-order valence-electron chi connectivity index (χ2n) is 7.91. The summed E-state index contributed by atoms with van der Waals surface area (Å²) in [4.78, 5) is 15.0. The Balaban J connectivity index is 2.08. The molecule has 124 valence electrons. The molecule has 3 rings (SSSR count). The highest BCUT2D eigenvalue weighted by molar-refractivity contribution is 5.93. The first-order valence-corrected chi connectivity index (χ1v) is 8.56.